The number of fused-ring (bicyclic) bond motifs is 1. The topological polar surface area (TPSA) is 55.1 Å². The second-order valence-electron chi connectivity index (χ2n) is 4.63. The Hall–Kier alpha value is -1.66. The number of hydrogen-bond donors (Lipinski definition) is 1. The zero-order chi connectivity index (χ0) is 15.1. The van der Waals surface area contributed by atoms with E-state index in [1.165, 1.54) is 0 Å². The zero-order valence-electron chi connectivity index (χ0n) is 11.0. The van der Waals surface area contributed by atoms with Gasteiger partial charge in [0.05, 0.1) is 16.6 Å². The van der Waals surface area contributed by atoms with Gasteiger partial charge in [0.1, 0.15) is 5.82 Å². The zero-order valence-corrected chi connectivity index (χ0v) is 14.1. The van der Waals surface area contributed by atoms with Gasteiger partial charge in [0, 0.05) is 21.6 Å². The standard InChI is InChI=1S/C15H10Br2N2O2/c1-19-13-5-2-8(15(20)21)6-12(13)18-14(19)10-7-9(16)3-4-11(10)17/h2-7H,1H3,(H,20,21). The number of rotatable bonds is 2. The van der Waals surface area contributed by atoms with Crippen LogP contribution in [0, 0.1) is 0 Å². The third-order valence-corrected chi connectivity index (χ3v) is 4.48. The van der Waals surface area contributed by atoms with Crippen molar-refractivity contribution in [1.29, 1.82) is 0 Å². The van der Waals surface area contributed by atoms with Crippen molar-refractivity contribution in [1.82, 2.24) is 9.55 Å². The predicted octanol–water partition coefficient (Wildman–Crippen LogP) is 4.46. The van der Waals surface area contributed by atoms with Gasteiger partial charge in [-0.25, -0.2) is 9.78 Å². The Morgan fingerprint density at radius 3 is 2.67 bits per heavy atom. The number of hydrogen-bond acceptors (Lipinski definition) is 2. The molecule has 21 heavy (non-hydrogen) atoms. The number of halogens is 2. The van der Waals surface area contributed by atoms with Crippen molar-refractivity contribution in [2.24, 2.45) is 7.05 Å². The number of carboxylic acids is 1. The minimum absolute atomic E-state index is 0.237. The molecule has 0 saturated heterocycles. The smallest absolute Gasteiger partial charge is 0.335 e. The van der Waals surface area contributed by atoms with Crippen molar-refractivity contribution in [3.05, 3.63) is 50.9 Å². The van der Waals surface area contributed by atoms with Crippen LogP contribution in [-0.2, 0) is 7.05 Å². The maximum absolute atomic E-state index is 11.1. The van der Waals surface area contributed by atoms with E-state index in [1.54, 1.807) is 18.2 Å². The third-order valence-electron chi connectivity index (χ3n) is 3.30. The number of aryl methyl sites for hydroxylation is 1. The Kier molecular flexibility index (Phi) is 3.59. The first-order valence-electron chi connectivity index (χ1n) is 6.12. The fourth-order valence-electron chi connectivity index (χ4n) is 2.24. The summed E-state index contributed by atoms with van der Waals surface area (Å²) in [5, 5.41) is 9.07. The Morgan fingerprint density at radius 1 is 1.19 bits per heavy atom. The van der Waals surface area contributed by atoms with E-state index in [0.717, 1.165) is 25.8 Å². The summed E-state index contributed by atoms with van der Waals surface area (Å²) in [4.78, 5) is 15.6. The van der Waals surface area contributed by atoms with Crippen LogP contribution >= 0.6 is 31.9 Å². The molecule has 4 nitrogen and oxygen atoms in total. The van der Waals surface area contributed by atoms with Gasteiger partial charge in [-0.3, -0.25) is 0 Å². The molecule has 3 rings (SSSR count). The SMILES string of the molecule is Cn1c(-c2cc(Br)ccc2Br)nc2cc(C(=O)O)ccc21. The highest BCUT2D eigenvalue weighted by Crippen LogP contribution is 2.32. The monoisotopic (exact) mass is 408 g/mol. The quantitative estimate of drug-likeness (QED) is 0.679. The van der Waals surface area contributed by atoms with Crippen molar-refractivity contribution in [3.8, 4) is 11.4 Å². The molecular formula is C15H10Br2N2O2. The Labute approximate surface area is 137 Å². The van der Waals surface area contributed by atoms with Crippen LogP contribution in [0.5, 0.6) is 0 Å². The molecule has 0 spiro atoms. The van der Waals surface area contributed by atoms with Crippen molar-refractivity contribution < 1.29 is 9.90 Å². The van der Waals surface area contributed by atoms with Gasteiger partial charge in [0.15, 0.2) is 0 Å². The fraction of sp³-hybridized carbons (Fsp3) is 0.0667. The van der Waals surface area contributed by atoms with Gasteiger partial charge in [-0.05, 0) is 36.4 Å². The summed E-state index contributed by atoms with van der Waals surface area (Å²) in [7, 11) is 1.92. The normalized spacial score (nSPS) is 11.0. The van der Waals surface area contributed by atoms with Gasteiger partial charge >= 0.3 is 5.97 Å². The second-order valence-corrected chi connectivity index (χ2v) is 6.40. The lowest BCUT2D eigenvalue weighted by Crippen LogP contribution is -1.96. The van der Waals surface area contributed by atoms with Gasteiger partial charge < -0.3 is 9.67 Å². The molecule has 0 atom stereocenters. The molecule has 0 fully saturated rings. The summed E-state index contributed by atoms with van der Waals surface area (Å²) in [5.41, 5.74) is 2.74. The summed E-state index contributed by atoms with van der Waals surface area (Å²) >= 11 is 6.99. The number of carbonyl (C=O) groups is 1. The number of aromatic nitrogens is 2. The Balaban J connectivity index is 2.26. The number of nitrogens with zero attached hydrogens (tertiary/aromatic N) is 2. The Morgan fingerprint density at radius 2 is 1.95 bits per heavy atom. The average molecular weight is 410 g/mol. The Bertz CT molecular complexity index is 871. The predicted molar refractivity (Wildman–Crippen MR) is 88.5 cm³/mol. The maximum Gasteiger partial charge on any atom is 0.335 e. The van der Waals surface area contributed by atoms with Gasteiger partial charge in [0.25, 0.3) is 0 Å². The number of benzene rings is 2. The molecule has 1 N–H and O–H groups in total. The van der Waals surface area contributed by atoms with Crippen molar-refractivity contribution in [2.75, 3.05) is 0 Å². The van der Waals surface area contributed by atoms with E-state index in [2.05, 4.69) is 36.8 Å². The minimum atomic E-state index is -0.951. The lowest BCUT2D eigenvalue weighted by atomic mass is 10.2. The highest BCUT2D eigenvalue weighted by Gasteiger charge is 2.14. The van der Waals surface area contributed by atoms with Crippen molar-refractivity contribution in [3.63, 3.8) is 0 Å². The van der Waals surface area contributed by atoms with Gasteiger partial charge in [-0.15, -0.1) is 0 Å². The third kappa shape index (κ3) is 2.49. The van der Waals surface area contributed by atoms with E-state index in [1.807, 2.05) is 29.8 Å². The minimum Gasteiger partial charge on any atom is -0.478 e. The van der Waals surface area contributed by atoms with Crippen LogP contribution < -0.4 is 0 Å². The lowest BCUT2D eigenvalue weighted by Gasteiger charge is -2.05. The van der Waals surface area contributed by atoms with E-state index in [-0.39, 0.29) is 5.56 Å². The highest BCUT2D eigenvalue weighted by atomic mass is 79.9. The van der Waals surface area contributed by atoms with Crippen LogP contribution in [-0.4, -0.2) is 20.6 Å². The van der Waals surface area contributed by atoms with E-state index in [9.17, 15) is 4.79 Å². The molecule has 0 bridgehead atoms. The fourth-order valence-corrected chi connectivity index (χ4v) is 3.03. The molecule has 3 aromatic rings. The van der Waals surface area contributed by atoms with Gasteiger partial charge in [-0.2, -0.15) is 0 Å². The summed E-state index contributed by atoms with van der Waals surface area (Å²) in [6.07, 6.45) is 0. The first-order valence-corrected chi connectivity index (χ1v) is 7.71. The largest absolute Gasteiger partial charge is 0.478 e. The first kappa shape index (κ1) is 14.3. The van der Waals surface area contributed by atoms with Crippen LogP contribution in [0.4, 0.5) is 0 Å². The van der Waals surface area contributed by atoms with Crippen LogP contribution in [0.3, 0.4) is 0 Å². The summed E-state index contributed by atoms with van der Waals surface area (Å²) in [5.74, 6) is -0.173. The molecule has 0 aliphatic carbocycles. The molecule has 0 radical (unpaired) electrons. The molecular weight excluding hydrogens is 400 g/mol. The van der Waals surface area contributed by atoms with Crippen molar-refractivity contribution >= 4 is 48.9 Å². The van der Waals surface area contributed by atoms with Crippen LogP contribution in [0.1, 0.15) is 10.4 Å². The highest BCUT2D eigenvalue weighted by molar-refractivity contribution is 9.11. The van der Waals surface area contributed by atoms with Gasteiger partial charge in [-0.1, -0.05) is 31.9 Å². The molecule has 0 saturated carbocycles. The van der Waals surface area contributed by atoms with Crippen LogP contribution in [0.15, 0.2) is 45.3 Å². The first-order chi connectivity index (χ1) is 9.97. The summed E-state index contributed by atoms with van der Waals surface area (Å²) < 4.78 is 3.84. The lowest BCUT2D eigenvalue weighted by molar-refractivity contribution is 0.0697. The molecule has 6 heteroatoms. The van der Waals surface area contributed by atoms with E-state index >= 15 is 0 Å². The molecule has 0 amide bonds. The molecule has 1 heterocycles. The van der Waals surface area contributed by atoms with E-state index in [4.69, 9.17) is 5.11 Å². The summed E-state index contributed by atoms with van der Waals surface area (Å²) in [6, 6.07) is 10.8. The summed E-state index contributed by atoms with van der Waals surface area (Å²) in [6.45, 7) is 0. The molecule has 0 aliphatic heterocycles. The van der Waals surface area contributed by atoms with Gasteiger partial charge in [0.2, 0.25) is 0 Å². The molecule has 106 valence electrons. The van der Waals surface area contributed by atoms with E-state index < -0.39 is 5.97 Å². The molecule has 2 aromatic carbocycles. The second kappa shape index (κ2) is 5.27. The average Bonchev–Trinajstić information content (AvgIpc) is 2.78. The van der Waals surface area contributed by atoms with Crippen molar-refractivity contribution in [2.45, 2.75) is 0 Å². The van der Waals surface area contributed by atoms with Crippen LogP contribution in [0.2, 0.25) is 0 Å². The molecule has 0 aliphatic rings. The molecule has 0 unspecified atom stereocenters. The number of carboxylic acid groups (broad SMARTS) is 1. The van der Waals surface area contributed by atoms with E-state index in [0.29, 0.717) is 5.52 Å². The molecule has 1 aromatic heterocycles. The number of aromatic carboxylic acids is 1. The van der Waals surface area contributed by atoms with Crippen LogP contribution in [0.25, 0.3) is 22.4 Å². The number of imidazole rings is 1. The maximum atomic E-state index is 11.1.